The lowest BCUT2D eigenvalue weighted by atomic mass is 10.1. The molecule has 0 aliphatic heterocycles. The number of halogens is 1. The Morgan fingerprint density at radius 2 is 2.18 bits per heavy atom. The maximum Gasteiger partial charge on any atom is 0.129 e. The first kappa shape index (κ1) is 12.2. The zero-order valence-electron chi connectivity index (χ0n) is 9.73. The van der Waals surface area contributed by atoms with Crippen LogP contribution in [0.25, 0.3) is 0 Å². The Bertz CT molecular complexity index is 485. The van der Waals surface area contributed by atoms with Crippen LogP contribution in [0.5, 0.6) is 0 Å². The van der Waals surface area contributed by atoms with Gasteiger partial charge in [0.25, 0.3) is 0 Å². The van der Waals surface area contributed by atoms with Gasteiger partial charge in [0.05, 0.1) is 0 Å². The number of aromatic nitrogens is 3. The van der Waals surface area contributed by atoms with E-state index in [9.17, 15) is 0 Å². The fourth-order valence-corrected chi connectivity index (χ4v) is 2.12. The van der Waals surface area contributed by atoms with E-state index in [-0.39, 0.29) is 0 Å². The third kappa shape index (κ3) is 3.60. The molecule has 0 aliphatic rings. The molecule has 0 amide bonds. The molecule has 0 aliphatic carbocycles. The van der Waals surface area contributed by atoms with Gasteiger partial charge < -0.3 is 0 Å². The summed E-state index contributed by atoms with van der Waals surface area (Å²) in [7, 11) is 0. The van der Waals surface area contributed by atoms with Crippen LogP contribution in [0.2, 0.25) is 0 Å². The van der Waals surface area contributed by atoms with Crippen LogP contribution in [0.15, 0.2) is 35.2 Å². The smallest absolute Gasteiger partial charge is 0.129 e. The molecule has 0 saturated heterocycles. The van der Waals surface area contributed by atoms with E-state index in [2.05, 4.69) is 43.9 Å². The largest absolute Gasteiger partial charge is 0.264 e. The van der Waals surface area contributed by atoms with Gasteiger partial charge in [-0.1, -0.05) is 13.0 Å². The Kier molecular flexibility index (Phi) is 4.20. The van der Waals surface area contributed by atoms with E-state index in [1.807, 2.05) is 18.3 Å². The van der Waals surface area contributed by atoms with Gasteiger partial charge in [-0.15, -0.1) is 0 Å². The molecule has 2 heterocycles. The van der Waals surface area contributed by atoms with Crippen molar-refractivity contribution in [2.75, 3.05) is 0 Å². The predicted molar refractivity (Wildman–Crippen MR) is 70.8 cm³/mol. The van der Waals surface area contributed by atoms with Crippen molar-refractivity contribution in [1.82, 2.24) is 15.0 Å². The van der Waals surface area contributed by atoms with Crippen LogP contribution < -0.4 is 0 Å². The van der Waals surface area contributed by atoms with Gasteiger partial charge in [0.2, 0.25) is 0 Å². The van der Waals surface area contributed by atoms with Crippen LogP contribution in [0, 0.1) is 0 Å². The van der Waals surface area contributed by atoms with Crippen LogP contribution in [0.1, 0.15) is 30.4 Å². The lowest BCUT2D eigenvalue weighted by Gasteiger charge is -2.04. The summed E-state index contributed by atoms with van der Waals surface area (Å²) in [6, 6.07) is 5.97. The number of pyridine rings is 1. The number of nitrogens with zero attached hydrogens (tertiary/aromatic N) is 3. The van der Waals surface area contributed by atoms with Crippen LogP contribution in [0.3, 0.4) is 0 Å². The average molecular weight is 292 g/mol. The quantitative estimate of drug-likeness (QED) is 0.812. The van der Waals surface area contributed by atoms with E-state index in [1.165, 1.54) is 5.56 Å². The molecular weight excluding hydrogens is 278 g/mol. The second-order valence-corrected chi connectivity index (χ2v) is 4.70. The van der Waals surface area contributed by atoms with Crippen LogP contribution in [-0.2, 0) is 12.8 Å². The number of hydrogen-bond donors (Lipinski definition) is 0. The van der Waals surface area contributed by atoms with E-state index >= 15 is 0 Å². The van der Waals surface area contributed by atoms with E-state index in [0.29, 0.717) is 0 Å². The maximum absolute atomic E-state index is 4.55. The highest BCUT2D eigenvalue weighted by atomic mass is 79.9. The highest BCUT2D eigenvalue weighted by molar-refractivity contribution is 9.10. The zero-order chi connectivity index (χ0) is 12.1. The summed E-state index contributed by atoms with van der Waals surface area (Å²) in [4.78, 5) is 13.0. The molecule has 2 aromatic rings. The van der Waals surface area contributed by atoms with Gasteiger partial charge in [-0.3, -0.25) is 4.98 Å². The first-order valence-corrected chi connectivity index (χ1v) is 6.48. The van der Waals surface area contributed by atoms with Crippen LogP contribution in [0.4, 0.5) is 0 Å². The van der Waals surface area contributed by atoms with Gasteiger partial charge in [0, 0.05) is 30.9 Å². The average Bonchev–Trinajstić information content (AvgIpc) is 2.30. The monoisotopic (exact) mass is 291 g/mol. The molecule has 0 spiro atoms. The molecule has 4 heteroatoms. The minimum atomic E-state index is 0.797. The Labute approximate surface area is 109 Å². The SMILES string of the molecule is CCCc1nc(Br)cc(Cc2cccnc2)n1. The van der Waals surface area contributed by atoms with Gasteiger partial charge in [-0.05, 0) is 40.0 Å². The molecule has 2 aromatic heterocycles. The Morgan fingerprint density at radius 1 is 1.29 bits per heavy atom. The molecule has 0 N–H and O–H groups in total. The maximum atomic E-state index is 4.55. The van der Waals surface area contributed by atoms with E-state index in [0.717, 1.165) is 35.4 Å². The van der Waals surface area contributed by atoms with Crippen molar-refractivity contribution >= 4 is 15.9 Å². The number of aryl methyl sites for hydroxylation is 1. The summed E-state index contributed by atoms with van der Waals surface area (Å²) in [6.07, 6.45) is 6.42. The molecule has 0 fully saturated rings. The van der Waals surface area contributed by atoms with Gasteiger partial charge in [-0.25, -0.2) is 9.97 Å². The Morgan fingerprint density at radius 3 is 2.88 bits per heavy atom. The summed E-state index contributed by atoms with van der Waals surface area (Å²) >= 11 is 3.43. The molecule has 0 unspecified atom stereocenters. The van der Waals surface area contributed by atoms with Crippen molar-refractivity contribution in [2.24, 2.45) is 0 Å². The van der Waals surface area contributed by atoms with E-state index in [1.54, 1.807) is 6.20 Å². The van der Waals surface area contributed by atoms with Gasteiger partial charge >= 0.3 is 0 Å². The number of rotatable bonds is 4. The summed E-state index contributed by atoms with van der Waals surface area (Å²) < 4.78 is 0.856. The van der Waals surface area contributed by atoms with Gasteiger partial charge in [-0.2, -0.15) is 0 Å². The summed E-state index contributed by atoms with van der Waals surface area (Å²) in [6.45, 7) is 2.13. The molecule has 0 atom stereocenters. The fourth-order valence-electron chi connectivity index (χ4n) is 1.65. The van der Waals surface area contributed by atoms with Gasteiger partial charge in [0.1, 0.15) is 10.4 Å². The van der Waals surface area contributed by atoms with Crippen molar-refractivity contribution in [3.05, 3.63) is 52.3 Å². The molecule has 2 rings (SSSR count). The Hall–Kier alpha value is -1.29. The minimum Gasteiger partial charge on any atom is -0.264 e. The highest BCUT2D eigenvalue weighted by Gasteiger charge is 2.03. The lowest BCUT2D eigenvalue weighted by molar-refractivity contribution is 0.811. The van der Waals surface area contributed by atoms with Gasteiger partial charge in [0.15, 0.2) is 0 Å². The highest BCUT2D eigenvalue weighted by Crippen LogP contribution is 2.12. The molecule has 0 bridgehead atoms. The van der Waals surface area contributed by atoms with Crippen molar-refractivity contribution < 1.29 is 0 Å². The minimum absolute atomic E-state index is 0.797. The molecule has 17 heavy (non-hydrogen) atoms. The molecule has 0 aromatic carbocycles. The summed E-state index contributed by atoms with van der Waals surface area (Å²) in [5.74, 6) is 0.903. The molecular formula is C13H14BrN3. The first-order chi connectivity index (χ1) is 8.28. The third-order valence-corrected chi connectivity index (χ3v) is 2.78. The van der Waals surface area contributed by atoms with Crippen molar-refractivity contribution in [3.63, 3.8) is 0 Å². The summed E-state index contributed by atoms with van der Waals surface area (Å²) in [5, 5.41) is 0. The van der Waals surface area contributed by atoms with Crippen LogP contribution in [-0.4, -0.2) is 15.0 Å². The molecule has 0 radical (unpaired) electrons. The van der Waals surface area contributed by atoms with Crippen molar-refractivity contribution in [3.8, 4) is 0 Å². The molecule has 3 nitrogen and oxygen atoms in total. The lowest BCUT2D eigenvalue weighted by Crippen LogP contribution is -2.01. The second kappa shape index (κ2) is 5.87. The third-order valence-electron chi connectivity index (χ3n) is 2.38. The van der Waals surface area contributed by atoms with Crippen LogP contribution >= 0.6 is 15.9 Å². The van der Waals surface area contributed by atoms with E-state index < -0.39 is 0 Å². The normalized spacial score (nSPS) is 10.5. The molecule has 0 saturated carbocycles. The standard InChI is InChI=1S/C13H14BrN3/c1-2-4-13-16-11(8-12(14)17-13)7-10-5-3-6-15-9-10/h3,5-6,8-9H,2,4,7H2,1H3. The Balaban J connectivity index is 2.21. The van der Waals surface area contributed by atoms with Crippen molar-refractivity contribution in [2.45, 2.75) is 26.2 Å². The van der Waals surface area contributed by atoms with E-state index in [4.69, 9.17) is 0 Å². The predicted octanol–water partition coefficient (Wildman–Crippen LogP) is 3.18. The fraction of sp³-hybridized carbons (Fsp3) is 0.308. The number of hydrogen-bond acceptors (Lipinski definition) is 3. The molecule has 88 valence electrons. The van der Waals surface area contributed by atoms with Crippen molar-refractivity contribution in [1.29, 1.82) is 0 Å². The summed E-state index contributed by atoms with van der Waals surface area (Å²) in [5.41, 5.74) is 2.20. The topological polar surface area (TPSA) is 38.7 Å². The first-order valence-electron chi connectivity index (χ1n) is 5.69. The zero-order valence-corrected chi connectivity index (χ0v) is 11.3. The second-order valence-electron chi connectivity index (χ2n) is 3.89.